The van der Waals surface area contributed by atoms with Gasteiger partial charge in [0.2, 0.25) is 5.91 Å². The molecule has 2 rings (SSSR count). The van der Waals surface area contributed by atoms with Gasteiger partial charge in [-0.05, 0) is 49.5 Å². The monoisotopic (exact) mass is 290 g/mol. The number of carbonyl (C=O) groups excluding carboxylic acids is 1. The zero-order valence-corrected chi connectivity index (χ0v) is 13.0. The summed E-state index contributed by atoms with van der Waals surface area (Å²) in [6.45, 7) is 6.70. The summed E-state index contributed by atoms with van der Waals surface area (Å²) in [5.74, 6) is 0.626. The first-order chi connectivity index (χ1) is 10.1. The number of likely N-dealkylation sites (tertiary alicyclic amines) is 1. The number of carbonyl (C=O) groups is 1. The molecule has 1 amide bonds. The third-order valence-electron chi connectivity index (χ3n) is 4.06. The topological polar surface area (TPSA) is 52.6 Å². The minimum atomic E-state index is -0.0531. The molecule has 1 atom stereocenters. The second-order valence-electron chi connectivity index (χ2n) is 6.17. The van der Waals surface area contributed by atoms with E-state index in [1.54, 1.807) is 18.2 Å². The molecule has 1 aliphatic rings. The quantitative estimate of drug-likeness (QED) is 0.876. The molecule has 0 aliphatic carbocycles. The van der Waals surface area contributed by atoms with Crippen LogP contribution in [0.25, 0.3) is 0 Å². The predicted molar refractivity (Wildman–Crippen MR) is 84.0 cm³/mol. The zero-order valence-electron chi connectivity index (χ0n) is 13.0. The number of aromatic hydroxyl groups is 1. The Hall–Kier alpha value is -1.55. The fourth-order valence-electron chi connectivity index (χ4n) is 3.05. The summed E-state index contributed by atoms with van der Waals surface area (Å²) in [4.78, 5) is 14.8. The zero-order chi connectivity index (χ0) is 15.2. The van der Waals surface area contributed by atoms with E-state index in [0.29, 0.717) is 12.5 Å². The third-order valence-corrected chi connectivity index (χ3v) is 4.06. The van der Waals surface area contributed by atoms with Crippen molar-refractivity contribution in [2.45, 2.75) is 45.7 Å². The van der Waals surface area contributed by atoms with Gasteiger partial charge < -0.3 is 10.4 Å². The molecule has 1 aliphatic heterocycles. The van der Waals surface area contributed by atoms with Crippen molar-refractivity contribution >= 4 is 5.91 Å². The van der Waals surface area contributed by atoms with E-state index >= 15 is 0 Å². The Morgan fingerprint density at radius 2 is 2.00 bits per heavy atom. The number of hydrogen-bond donors (Lipinski definition) is 2. The Morgan fingerprint density at radius 3 is 2.62 bits per heavy atom. The molecule has 0 bridgehead atoms. The van der Waals surface area contributed by atoms with E-state index in [1.807, 2.05) is 6.07 Å². The van der Waals surface area contributed by atoms with E-state index in [4.69, 9.17) is 0 Å². The minimum Gasteiger partial charge on any atom is -0.508 e. The van der Waals surface area contributed by atoms with Crippen LogP contribution in [0.3, 0.4) is 0 Å². The molecule has 4 heteroatoms. The van der Waals surface area contributed by atoms with E-state index in [9.17, 15) is 9.90 Å². The molecule has 1 unspecified atom stereocenters. The summed E-state index contributed by atoms with van der Waals surface area (Å²) >= 11 is 0. The fourth-order valence-corrected chi connectivity index (χ4v) is 3.05. The van der Waals surface area contributed by atoms with Crippen LogP contribution in [0.4, 0.5) is 0 Å². The highest BCUT2D eigenvalue weighted by Gasteiger charge is 2.29. The van der Waals surface area contributed by atoms with Gasteiger partial charge in [-0.2, -0.15) is 0 Å². The van der Waals surface area contributed by atoms with E-state index in [-0.39, 0.29) is 17.7 Å². The van der Waals surface area contributed by atoms with Gasteiger partial charge in [-0.25, -0.2) is 0 Å². The van der Waals surface area contributed by atoms with E-state index in [0.717, 1.165) is 18.7 Å². The first-order valence-electron chi connectivity index (χ1n) is 7.87. The van der Waals surface area contributed by atoms with Crippen LogP contribution in [0.15, 0.2) is 24.3 Å². The number of nitrogens with one attached hydrogen (secondary N) is 1. The maximum atomic E-state index is 12.5. The van der Waals surface area contributed by atoms with Crippen LogP contribution in [0, 0.1) is 5.92 Å². The summed E-state index contributed by atoms with van der Waals surface area (Å²) in [5, 5.41) is 12.5. The fraction of sp³-hybridized carbons (Fsp3) is 0.588. The average Bonchev–Trinajstić information content (AvgIpc) is 2.46. The molecule has 0 spiro atoms. The molecule has 0 aromatic heterocycles. The number of phenols is 1. The Morgan fingerprint density at radius 1 is 1.29 bits per heavy atom. The third kappa shape index (κ3) is 4.46. The highest BCUT2D eigenvalue weighted by Crippen LogP contribution is 2.18. The van der Waals surface area contributed by atoms with Crippen molar-refractivity contribution in [1.29, 1.82) is 0 Å². The summed E-state index contributed by atoms with van der Waals surface area (Å²) in [6.07, 6.45) is 3.64. The summed E-state index contributed by atoms with van der Waals surface area (Å²) < 4.78 is 0. The van der Waals surface area contributed by atoms with Gasteiger partial charge in [0.05, 0.1) is 6.04 Å². The maximum absolute atomic E-state index is 12.5. The smallest absolute Gasteiger partial charge is 0.237 e. The molecule has 21 heavy (non-hydrogen) atoms. The lowest BCUT2D eigenvalue weighted by Gasteiger charge is -2.35. The van der Waals surface area contributed by atoms with Crippen LogP contribution in [0.5, 0.6) is 5.75 Å². The second-order valence-corrected chi connectivity index (χ2v) is 6.17. The van der Waals surface area contributed by atoms with Crippen molar-refractivity contribution in [2.75, 3.05) is 13.1 Å². The van der Waals surface area contributed by atoms with Crippen molar-refractivity contribution in [3.63, 3.8) is 0 Å². The Bertz CT molecular complexity index is 468. The Labute approximate surface area is 127 Å². The molecule has 0 radical (unpaired) electrons. The summed E-state index contributed by atoms with van der Waals surface area (Å²) in [7, 11) is 0. The van der Waals surface area contributed by atoms with Gasteiger partial charge in [-0.3, -0.25) is 9.69 Å². The number of phenolic OH excluding ortho intramolecular Hbond substituents is 1. The normalized spacial score (nSPS) is 17.7. The lowest BCUT2D eigenvalue weighted by atomic mass is 9.98. The molecule has 116 valence electrons. The largest absolute Gasteiger partial charge is 0.508 e. The molecule has 2 N–H and O–H groups in total. The van der Waals surface area contributed by atoms with Crippen molar-refractivity contribution in [3.8, 4) is 5.75 Å². The molecule has 1 aromatic carbocycles. The van der Waals surface area contributed by atoms with Gasteiger partial charge in [0.25, 0.3) is 0 Å². The standard InChI is InChI=1S/C17H26N2O2/c1-13(2)16(19-9-4-3-5-10-19)17(21)18-12-14-7-6-8-15(20)11-14/h6-8,11,13,16,20H,3-5,9-10,12H2,1-2H3,(H,18,21). The highest BCUT2D eigenvalue weighted by molar-refractivity contribution is 5.82. The molecule has 1 aromatic rings. The first-order valence-corrected chi connectivity index (χ1v) is 7.87. The van der Waals surface area contributed by atoms with Crippen LogP contribution in [-0.2, 0) is 11.3 Å². The number of nitrogens with zero attached hydrogens (tertiary/aromatic N) is 1. The molecular formula is C17H26N2O2. The number of rotatable bonds is 5. The van der Waals surface area contributed by atoms with Crippen molar-refractivity contribution in [2.24, 2.45) is 5.92 Å². The molecule has 1 fully saturated rings. The number of benzene rings is 1. The van der Waals surface area contributed by atoms with Crippen LogP contribution in [-0.4, -0.2) is 35.0 Å². The SMILES string of the molecule is CC(C)C(C(=O)NCc1cccc(O)c1)N1CCCCC1. The van der Waals surface area contributed by atoms with Crippen LogP contribution in [0.2, 0.25) is 0 Å². The highest BCUT2D eigenvalue weighted by atomic mass is 16.3. The van der Waals surface area contributed by atoms with Crippen molar-refractivity contribution < 1.29 is 9.90 Å². The number of piperidine rings is 1. The van der Waals surface area contributed by atoms with Crippen LogP contribution < -0.4 is 5.32 Å². The van der Waals surface area contributed by atoms with Gasteiger partial charge >= 0.3 is 0 Å². The van der Waals surface area contributed by atoms with E-state index in [2.05, 4.69) is 24.1 Å². The van der Waals surface area contributed by atoms with Gasteiger partial charge in [-0.15, -0.1) is 0 Å². The van der Waals surface area contributed by atoms with Gasteiger partial charge in [0, 0.05) is 6.54 Å². The average molecular weight is 290 g/mol. The Balaban J connectivity index is 1.95. The van der Waals surface area contributed by atoms with Crippen LogP contribution in [0.1, 0.15) is 38.7 Å². The lowest BCUT2D eigenvalue weighted by molar-refractivity contribution is -0.128. The van der Waals surface area contributed by atoms with Gasteiger partial charge in [-0.1, -0.05) is 32.4 Å². The summed E-state index contributed by atoms with van der Waals surface area (Å²) in [6, 6.07) is 6.97. The molecule has 1 heterocycles. The maximum Gasteiger partial charge on any atom is 0.237 e. The molecular weight excluding hydrogens is 264 g/mol. The van der Waals surface area contributed by atoms with Crippen molar-refractivity contribution in [1.82, 2.24) is 10.2 Å². The molecule has 4 nitrogen and oxygen atoms in total. The number of hydrogen-bond acceptors (Lipinski definition) is 3. The van der Waals surface area contributed by atoms with E-state index in [1.165, 1.54) is 19.3 Å². The van der Waals surface area contributed by atoms with Crippen LogP contribution >= 0.6 is 0 Å². The molecule has 1 saturated heterocycles. The minimum absolute atomic E-state index is 0.0531. The lowest BCUT2D eigenvalue weighted by Crippen LogP contribution is -2.51. The predicted octanol–water partition coefficient (Wildman–Crippen LogP) is 2.52. The van der Waals surface area contributed by atoms with Crippen molar-refractivity contribution in [3.05, 3.63) is 29.8 Å². The molecule has 0 saturated carbocycles. The van der Waals surface area contributed by atoms with E-state index < -0.39 is 0 Å². The second kappa shape index (κ2) is 7.46. The Kier molecular flexibility index (Phi) is 5.62. The van der Waals surface area contributed by atoms with Gasteiger partial charge in [0.1, 0.15) is 5.75 Å². The first kappa shape index (κ1) is 15.8. The van der Waals surface area contributed by atoms with Gasteiger partial charge in [0.15, 0.2) is 0 Å². The number of amides is 1. The summed E-state index contributed by atoms with van der Waals surface area (Å²) in [5.41, 5.74) is 0.921.